The largest absolute Gasteiger partial charge is 0.390 e. The highest BCUT2D eigenvalue weighted by atomic mass is 16.5. The Morgan fingerprint density at radius 2 is 2.00 bits per heavy atom. The second-order valence-corrected chi connectivity index (χ2v) is 3.08. The summed E-state index contributed by atoms with van der Waals surface area (Å²) in [5, 5.41) is 9.56. The van der Waals surface area contributed by atoms with Crippen LogP contribution < -0.4 is 0 Å². The summed E-state index contributed by atoms with van der Waals surface area (Å²) in [7, 11) is 0. The topological polar surface area (TPSA) is 29.5 Å². The van der Waals surface area contributed by atoms with Crippen molar-refractivity contribution in [3.05, 3.63) is 0 Å². The molecule has 1 aliphatic rings. The van der Waals surface area contributed by atoms with Gasteiger partial charge in [-0.15, -0.1) is 0 Å². The fourth-order valence-corrected chi connectivity index (χ4v) is 0.965. The second kappa shape index (κ2) is 4.73. The highest BCUT2D eigenvalue weighted by Gasteiger charge is 2.31. The zero-order valence-electron chi connectivity index (χ0n) is 8.05. The van der Waals surface area contributed by atoms with Crippen molar-refractivity contribution in [2.75, 3.05) is 13.2 Å². The third-order valence-corrected chi connectivity index (χ3v) is 2.18. The van der Waals surface area contributed by atoms with E-state index >= 15 is 0 Å². The van der Waals surface area contributed by atoms with Crippen molar-refractivity contribution in [2.24, 2.45) is 5.92 Å². The third kappa shape index (κ3) is 3.21. The first-order valence-electron chi connectivity index (χ1n) is 4.43. The van der Waals surface area contributed by atoms with E-state index in [0.29, 0.717) is 13.2 Å². The Labute approximate surface area is 69.6 Å². The molecule has 0 aromatic heterocycles. The van der Waals surface area contributed by atoms with Gasteiger partial charge in [0.1, 0.15) is 0 Å². The molecule has 1 N–H and O–H groups in total. The first-order chi connectivity index (χ1) is 5.13. The molecule has 2 nitrogen and oxygen atoms in total. The van der Waals surface area contributed by atoms with Gasteiger partial charge in [0.15, 0.2) is 0 Å². The maximum absolute atomic E-state index is 9.56. The van der Waals surface area contributed by atoms with Gasteiger partial charge in [-0.2, -0.15) is 0 Å². The molecule has 0 aromatic rings. The quantitative estimate of drug-likeness (QED) is 0.585. The van der Waals surface area contributed by atoms with Crippen molar-refractivity contribution in [3.63, 3.8) is 0 Å². The van der Waals surface area contributed by atoms with Gasteiger partial charge >= 0.3 is 0 Å². The number of rotatable bonds is 0. The molecule has 0 bridgehead atoms. The van der Waals surface area contributed by atoms with Gasteiger partial charge in [0.05, 0.1) is 12.2 Å². The number of hydrogen-bond donors (Lipinski definition) is 1. The lowest BCUT2D eigenvalue weighted by Crippen LogP contribution is -2.40. The predicted octanol–water partition coefficient (Wildman–Crippen LogP) is 1.82. The van der Waals surface area contributed by atoms with Crippen LogP contribution in [0.15, 0.2) is 0 Å². The molecule has 0 radical (unpaired) electrons. The molecule has 2 atom stereocenters. The molecule has 68 valence electrons. The Balaban J connectivity index is 0.000000461. The molecule has 1 rings (SSSR count). The van der Waals surface area contributed by atoms with E-state index in [1.54, 1.807) is 0 Å². The summed E-state index contributed by atoms with van der Waals surface area (Å²) in [4.78, 5) is 0. The van der Waals surface area contributed by atoms with Crippen molar-refractivity contribution < 1.29 is 9.84 Å². The van der Waals surface area contributed by atoms with Crippen LogP contribution in [0, 0.1) is 5.92 Å². The van der Waals surface area contributed by atoms with Crippen LogP contribution in [0.25, 0.3) is 0 Å². The molecular formula is C9H20O2. The molecular weight excluding hydrogens is 140 g/mol. The van der Waals surface area contributed by atoms with Crippen molar-refractivity contribution in [1.82, 2.24) is 0 Å². The Hall–Kier alpha value is -0.0800. The van der Waals surface area contributed by atoms with Crippen LogP contribution in [0.2, 0.25) is 0 Å². The molecule has 0 saturated carbocycles. The Morgan fingerprint density at radius 3 is 2.27 bits per heavy atom. The Morgan fingerprint density at radius 1 is 1.45 bits per heavy atom. The highest BCUT2D eigenvalue weighted by molar-refractivity contribution is 4.81. The summed E-state index contributed by atoms with van der Waals surface area (Å²) in [6.07, 6.45) is 0.772. The van der Waals surface area contributed by atoms with E-state index in [1.165, 1.54) is 0 Å². The van der Waals surface area contributed by atoms with Crippen molar-refractivity contribution in [2.45, 2.75) is 39.7 Å². The van der Waals surface area contributed by atoms with Crippen LogP contribution in [0.1, 0.15) is 34.1 Å². The zero-order chi connectivity index (χ0) is 8.91. The summed E-state index contributed by atoms with van der Waals surface area (Å²) in [5.74, 6) is 0.284. The van der Waals surface area contributed by atoms with Crippen LogP contribution in [0.3, 0.4) is 0 Å². The first-order valence-corrected chi connectivity index (χ1v) is 4.43. The second-order valence-electron chi connectivity index (χ2n) is 3.08. The summed E-state index contributed by atoms with van der Waals surface area (Å²) >= 11 is 0. The molecule has 1 fully saturated rings. The number of ether oxygens (including phenoxy) is 1. The van der Waals surface area contributed by atoms with Gasteiger partial charge < -0.3 is 9.84 Å². The summed E-state index contributed by atoms with van der Waals surface area (Å²) in [5.41, 5.74) is -0.488. The van der Waals surface area contributed by atoms with Crippen molar-refractivity contribution in [3.8, 4) is 0 Å². The molecule has 11 heavy (non-hydrogen) atoms. The molecule has 0 aliphatic carbocycles. The lowest BCUT2D eigenvalue weighted by molar-refractivity contribution is -0.0938. The number of hydrogen-bond acceptors (Lipinski definition) is 2. The minimum absolute atomic E-state index is 0.284. The fraction of sp³-hybridized carbons (Fsp3) is 1.00. The molecule has 2 heteroatoms. The highest BCUT2D eigenvalue weighted by Crippen LogP contribution is 2.24. The summed E-state index contributed by atoms with van der Waals surface area (Å²) < 4.78 is 5.16. The van der Waals surface area contributed by atoms with Crippen LogP contribution in [-0.4, -0.2) is 23.9 Å². The minimum atomic E-state index is -0.488. The van der Waals surface area contributed by atoms with Crippen molar-refractivity contribution in [1.29, 1.82) is 0 Å². The smallest absolute Gasteiger partial charge is 0.0689 e. The maximum Gasteiger partial charge on any atom is 0.0689 e. The van der Waals surface area contributed by atoms with Gasteiger partial charge in [0, 0.05) is 12.5 Å². The maximum atomic E-state index is 9.56. The summed E-state index contributed by atoms with van der Waals surface area (Å²) in [6, 6.07) is 0. The van der Waals surface area contributed by atoms with Crippen molar-refractivity contribution >= 4 is 0 Å². The molecule has 0 spiro atoms. The molecule has 1 saturated heterocycles. The van der Waals surface area contributed by atoms with Gasteiger partial charge in [-0.1, -0.05) is 20.8 Å². The summed E-state index contributed by atoms with van der Waals surface area (Å²) in [6.45, 7) is 9.30. The van der Waals surface area contributed by atoms with Gasteiger partial charge in [-0.25, -0.2) is 0 Å². The Kier molecular flexibility index (Phi) is 4.69. The number of aliphatic hydroxyl groups is 1. The van der Waals surface area contributed by atoms with Gasteiger partial charge in [-0.3, -0.25) is 0 Å². The molecule has 1 heterocycles. The Bertz CT molecular complexity index is 99.7. The zero-order valence-corrected chi connectivity index (χ0v) is 8.05. The van der Waals surface area contributed by atoms with E-state index in [0.717, 1.165) is 6.42 Å². The van der Waals surface area contributed by atoms with Crippen LogP contribution in [0.4, 0.5) is 0 Å². The van der Waals surface area contributed by atoms with E-state index in [1.807, 2.05) is 27.7 Å². The van der Waals surface area contributed by atoms with E-state index < -0.39 is 5.60 Å². The van der Waals surface area contributed by atoms with Crippen LogP contribution in [-0.2, 0) is 4.74 Å². The van der Waals surface area contributed by atoms with Gasteiger partial charge in [0.25, 0.3) is 0 Å². The average molecular weight is 160 g/mol. The van der Waals surface area contributed by atoms with Gasteiger partial charge in [0.2, 0.25) is 0 Å². The van der Waals surface area contributed by atoms with E-state index in [4.69, 9.17) is 4.74 Å². The fourth-order valence-electron chi connectivity index (χ4n) is 0.965. The average Bonchev–Trinajstić information content (AvgIpc) is 2.00. The van der Waals surface area contributed by atoms with Crippen LogP contribution in [0.5, 0.6) is 0 Å². The molecule has 1 unspecified atom stereocenters. The normalized spacial score (nSPS) is 37.4. The van der Waals surface area contributed by atoms with E-state index in [2.05, 4.69) is 0 Å². The standard InChI is InChI=1S/C7H14O2.C2H6/c1-6-5-9-4-3-7(6,2)8;1-2/h6,8H,3-5H2,1-2H3;1-2H3/t6-,7?;/m0./s1. The molecule has 1 aliphatic heterocycles. The SMILES string of the molecule is CC.C[C@H]1COCCC1(C)O. The van der Waals surface area contributed by atoms with Gasteiger partial charge in [-0.05, 0) is 13.3 Å². The lowest BCUT2D eigenvalue weighted by atomic mass is 9.87. The minimum Gasteiger partial charge on any atom is -0.390 e. The lowest BCUT2D eigenvalue weighted by Gasteiger charge is -2.34. The predicted molar refractivity (Wildman–Crippen MR) is 46.6 cm³/mol. The van der Waals surface area contributed by atoms with E-state index in [9.17, 15) is 5.11 Å². The first kappa shape index (κ1) is 10.9. The monoisotopic (exact) mass is 160 g/mol. The molecule has 0 aromatic carbocycles. The van der Waals surface area contributed by atoms with Crippen LogP contribution >= 0.6 is 0 Å². The van der Waals surface area contributed by atoms with E-state index in [-0.39, 0.29) is 5.92 Å². The third-order valence-electron chi connectivity index (χ3n) is 2.18. The molecule has 0 amide bonds.